The molecule has 1 heterocycles. The second-order valence-corrected chi connectivity index (χ2v) is 10.9. The van der Waals surface area contributed by atoms with Gasteiger partial charge in [-0.3, -0.25) is 4.98 Å². The molecule has 0 bridgehead atoms. The molecule has 0 fully saturated rings. The van der Waals surface area contributed by atoms with E-state index < -0.39 is 0 Å². The molecule has 2 atom stereocenters. The minimum Gasteiger partial charge on any atom is -0.393 e. The Kier molecular flexibility index (Phi) is 8.09. The molecule has 209 valence electrons. The van der Waals surface area contributed by atoms with Crippen molar-refractivity contribution in [2.45, 2.75) is 51.7 Å². The molecule has 7 rings (SSSR count). The Morgan fingerprint density at radius 3 is 1.68 bits per heavy atom. The molecule has 41 heavy (non-hydrogen) atoms. The number of aliphatic hydroxyl groups is 2. The van der Waals surface area contributed by atoms with Gasteiger partial charge < -0.3 is 15.2 Å². The second-order valence-electron chi connectivity index (χ2n) is 10.9. The monoisotopic (exact) mass is 718 g/mol. The van der Waals surface area contributed by atoms with E-state index in [4.69, 9.17) is 15.2 Å². The van der Waals surface area contributed by atoms with Gasteiger partial charge in [0.1, 0.15) is 0 Å². The van der Waals surface area contributed by atoms with Crippen LogP contribution in [0.2, 0.25) is 0 Å². The number of nitrogens with zero attached hydrogens (tertiary/aromatic N) is 2. The van der Waals surface area contributed by atoms with Gasteiger partial charge in [0.15, 0.2) is 0 Å². The average Bonchev–Trinajstić information content (AvgIpc) is 3.40. The first kappa shape index (κ1) is 29.0. The topological polar surface area (TPSA) is 66.2 Å². The quantitative estimate of drug-likeness (QED) is 0.193. The van der Waals surface area contributed by atoms with Crippen LogP contribution in [-0.2, 0) is 25.5 Å². The molecular weight excluding hydrogens is 685 g/mol. The van der Waals surface area contributed by atoms with Gasteiger partial charge in [0.25, 0.3) is 0 Å². The Bertz CT molecular complexity index is 1660. The number of aromatic nitrogens is 2. The summed E-state index contributed by atoms with van der Waals surface area (Å²) in [7, 11) is 0. The Labute approximate surface area is 255 Å². The molecule has 1 radical (unpaired) electrons. The number of fused-ring (bicyclic) bond motifs is 10. The fourth-order valence-electron chi connectivity index (χ4n) is 6.52. The summed E-state index contributed by atoms with van der Waals surface area (Å²) in [6, 6.07) is 34.6. The first-order valence-electron chi connectivity index (χ1n) is 13.8. The third-order valence-electron chi connectivity index (χ3n) is 7.93. The summed E-state index contributed by atoms with van der Waals surface area (Å²) in [4.78, 5) is 9.39. The van der Waals surface area contributed by atoms with E-state index in [1.165, 1.54) is 44.5 Å². The molecule has 0 saturated heterocycles. The molecule has 5 aromatic rings. The van der Waals surface area contributed by atoms with Gasteiger partial charge in [0.2, 0.25) is 0 Å². The van der Waals surface area contributed by atoms with Crippen LogP contribution >= 0.6 is 0 Å². The third-order valence-corrected chi connectivity index (χ3v) is 7.93. The molecule has 2 unspecified atom stereocenters. The molecule has 4 aromatic carbocycles. The van der Waals surface area contributed by atoms with Crippen molar-refractivity contribution in [3.63, 3.8) is 0 Å². The molecule has 0 amide bonds. The van der Waals surface area contributed by atoms with Crippen molar-refractivity contribution in [2.75, 3.05) is 0 Å². The van der Waals surface area contributed by atoms with Gasteiger partial charge in [-0.2, -0.15) is 0 Å². The summed E-state index contributed by atoms with van der Waals surface area (Å²) in [6.45, 7) is 7.33. The van der Waals surface area contributed by atoms with Crippen LogP contribution in [0.1, 0.15) is 53.9 Å². The maximum absolute atomic E-state index is 8.56. The summed E-state index contributed by atoms with van der Waals surface area (Å²) < 4.78 is 0. The van der Waals surface area contributed by atoms with Crippen LogP contribution in [0.15, 0.2) is 91.1 Å². The minimum absolute atomic E-state index is 0. The number of hydrogen-bond acceptors (Lipinski definition) is 4. The summed E-state index contributed by atoms with van der Waals surface area (Å²) in [5.74, 6) is 0. The van der Waals surface area contributed by atoms with Crippen LogP contribution in [0.5, 0.6) is 0 Å². The van der Waals surface area contributed by atoms with Crippen LogP contribution in [0.3, 0.4) is 0 Å². The summed E-state index contributed by atoms with van der Waals surface area (Å²) in [5.41, 5.74) is 13.9. The summed E-state index contributed by atoms with van der Waals surface area (Å²) in [5, 5.41) is 17.1. The van der Waals surface area contributed by atoms with Crippen molar-refractivity contribution < 1.29 is 30.3 Å². The number of aryl methyl sites for hydroxylation is 2. The molecule has 4 nitrogen and oxygen atoms in total. The zero-order chi connectivity index (χ0) is 28.0. The van der Waals surface area contributed by atoms with Crippen LogP contribution in [0, 0.1) is 19.9 Å². The Hall–Kier alpha value is -3.47. The Balaban J connectivity index is 0.000000379. The first-order chi connectivity index (χ1) is 19.3. The number of hydrogen-bond donors (Lipinski definition) is 2. The fraction of sp³-hybridized carbons (Fsp3) is 0.222. The summed E-state index contributed by atoms with van der Waals surface area (Å²) in [6.07, 6.45) is 1.56. The van der Waals surface area contributed by atoms with Crippen molar-refractivity contribution in [3.8, 4) is 33.5 Å². The molecule has 5 heteroatoms. The molecule has 2 aliphatic carbocycles. The molecule has 1 spiro atoms. The van der Waals surface area contributed by atoms with E-state index in [0.29, 0.717) is 6.42 Å². The maximum Gasteiger partial charge on any atom is 0.0550 e. The zero-order valence-electron chi connectivity index (χ0n) is 23.6. The largest absolute Gasteiger partial charge is 0.393 e. The number of aliphatic hydroxyl groups excluding tert-OH is 2. The van der Waals surface area contributed by atoms with Crippen LogP contribution in [0.25, 0.3) is 33.5 Å². The van der Waals surface area contributed by atoms with Crippen molar-refractivity contribution in [1.82, 2.24) is 9.97 Å². The number of benzene rings is 4. The maximum atomic E-state index is 8.56. The molecular formula is C36H33IrN2O2-. The van der Waals surface area contributed by atoms with E-state index in [2.05, 4.69) is 96.0 Å². The van der Waals surface area contributed by atoms with Crippen LogP contribution in [0.4, 0.5) is 0 Å². The second kappa shape index (κ2) is 11.4. The van der Waals surface area contributed by atoms with E-state index in [-0.39, 0.29) is 37.7 Å². The molecule has 2 N–H and O–H groups in total. The van der Waals surface area contributed by atoms with Gasteiger partial charge in [0.05, 0.1) is 23.3 Å². The van der Waals surface area contributed by atoms with E-state index in [9.17, 15) is 0 Å². The predicted molar refractivity (Wildman–Crippen MR) is 160 cm³/mol. The van der Waals surface area contributed by atoms with Gasteiger partial charge in [-0.15, -0.1) is 29.3 Å². The normalized spacial score (nSPS) is 14.5. The Morgan fingerprint density at radius 1 is 0.732 bits per heavy atom. The van der Waals surface area contributed by atoms with Gasteiger partial charge in [-0.1, -0.05) is 83.9 Å². The van der Waals surface area contributed by atoms with Crippen molar-refractivity contribution in [3.05, 3.63) is 131 Å². The Morgan fingerprint density at radius 2 is 1.22 bits per heavy atom. The van der Waals surface area contributed by atoms with Crippen molar-refractivity contribution in [2.24, 2.45) is 0 Å². The fourth-order valence-corrected chi connectivity index (χ4v) is 6.52. The van der Waals surface area contributed by atoms with Crippen molar-refractivity contribution >= 4 is 0 Å². The minimum atomic E-state index is -0.375. The van der Waals surface area contributed by atoms with Crippen molar-refractivity contribution in [1.29, 1.82) is 0 Å². The molecule has 0 aliphatic heterocycles. The van der Waals surface area contributed by atoms with E-state index in [0.717, 1.165) is 22.6 Å². The number of rotatable bonds is 3. The van der Waals surface area contributed by atoms with Gasteiger partial charge in [-0.05, 0) is 61.9 Å². The van der Waals surface area contributed by atoms with Crippen LogP contribution < -0.4 is 0 Å². The van der Waals surface area contributed by atoms with Gasteiger partial charge in [-0.25, -0.2) is 0 Å². The molecule has 2 aliphatic rings. The van der Waals surface area contributed by atoms with Gasteiger partial charge in [0, 0.05) is 37.7 Å². The SMILES string of the molecule is CC(O)CC(C)O.Cc1cnc(-c2[c-]cc3c(c2)C2(c4ccccc4-c4ccccc42)c2ccccc2-3)c(C)n1.[Ir]. The summed E-state index contributed by atoms with van der Waals surface area (Å²) >= 11 is 0. The standard InChI is InChI=1S/C31H21N2.C5H12O2.Ir/c1-19-18-32-30(20(2)33-19)21-15-16-25-24-11-5-8-14-28(24)31(29(25)17-21)26-12-6-3-9-22(26)23-10-4-7-13-27(23)31;1-4(6)3-5(2)7;/h3-14,16-18H,1-2H3;4-7H,3H2,1-2H3;/q-1;;. The van der Waals surface area contributed by atoms with E-state index >= 15 is 0 Å². The average molecular weight is 718 g/mol. The van der Waals surface area contributed by atoms with E-state index in [1.54, 1.807) is 13.8 Å². The third kappa shape index (κ3) is 4.77. The predicted octanol–water partition coefficient (Wildman–Crippen LogP) is 7.04. The molecule has 1 aromatic heterocycles. The smallest absolute Gasteiger partial charge is 0.0550 e. The van der Waals surface area contributed by atoms with Crippen LogP contribution in [-0.4, -0.2) is 32.4 Å². The van der Waals surface area contributed by atoms with E-state index in [1.807, 2.05) is 20.0 Å². The zero-order valence-corrected chi connectivity index (χ0v) is 26.0. The first-order valence-corrected chi connectivity index (χ1v) is 13.8. The van der Waals surface area contributed by atoms with Gasteiger partial charge >= 0.3 is 0 Å². The molecule has 0 saturated carbocycles.